The van der Waals surface area contributed by atoms with Crippen LogP contribution in [0.5, 0.6) is 0 Å². The third kappa shape index (κ3) is 12.4. The quantitative estimate of drug-likeness (QED) is 0.220. The van der Waals surface area contributed by atoms with Gasteiger partial charge in [-0.15, -0.1) is 11.8 Å². The van der Waals surface area contributed by atoms with E-state index in [0.717, 1.165) is 38.5 Å². The van der Waals surface area contributed by atoms with Gasteiger partial charge in [0, 0.05) is 79.3 Å². The summed E-state index contributed by atoms with van der Waals surface area (Å²) in [5.41, 5.74) is 6.97. The van der Waals surface area contributed by atoms with Gasteiger partial charge < -0.3 is 35.9 Å². The van der Waals surface area contributed by atoms with Crippen LogP contribution >= 0.6 is 11.8 Å². The van der Waals surface area contributed by atoms with Gasteiger partial charge in [-0.1, -0.05) is 60.7 Å². The number of hydrogen-bond acceptors (Lipinski definition) is 8. The van der Waals surface area contributed by atoms with Crippen LogP contribution in [-0.4, -0.2) is 99.1 Å². The molecule has 12 nitrogen and oxygen atoms in total. The molecule has 2 aliphatic rings. The first-order valence-corrected chi connectivity index (χ1v) is 15.3. The second-order valence-corrected chi connectivity index (χ2v) is 11.1. The van der Waals surface area contributed by atoms with E-state index in [-0.39, 0.29) is 18.0 Å². The average Bonchev–Trinajstić information content (AvgIpc) is 3.21. The summed E-state index contributed by atoms with van der Waals surface area (Å²) >= 11 is 1.97. The second kappa shape index (κ2) is 19.5. The minimum Gasteiger partial charge on any atom is -0.478 e. The number of aliphatic hydroxyl groups excluding tert-OH is 1. The molecule has 0 aliphatic carbocycles. The van der Waals surface area contributed by atoms with Crippen LogP contribution in [0.15, 0.2) is 102 Å². The van der Waals surface area contributed by atoms with Crippen molar-refractivity contribution in [1.82, 2.24) is 4.90 Å². The monoisotopic (exact) mass is 666 g/mol. The topological polar surface area (TPSA) is 207 Å². The highest BCUT2D eigenvalue weighted by Crippen LogP contribution is 2.45. The van der Waals surface area contributed by atoms with Crippen LogP contribution in [0.25, 0.3) is 0 Å². The molecule has 3 aromatic carbocycles. The molecule has 2 aliphatic heterocycles. The predicted molar refractivity (Wildman–Crippen MR) is 178 cm³/mol. The Morgan fingerprint density at radius 2 is 1.23 bits per heavy atom. The zero-order valence-corrected chi connectivity index (χ0v) is 26.3. The summed E-state index contributed by atoms with van der Waals surface area (Å²) in [4.78, 5) is 44.4. The number of carboxylic acids is 4. The van der Waals surface area contributed by atoms with Crippen LogP contribution in [0.3, 0.4) is 0 Å². The van der Waals surface area contributed by atoms with Crippen molar-refractivity contribution in [3.05, 3.63) is 119 Å². The maximum Gasteiger partial charge on any atom is 0.328 e. The molecule has 0 radical (unpaired) electrons. The van der Waals surface area contributed by atoms with E-state index in [4.69, 9.17) is 20.4 Å². The highest BCUT2D eigenvalue weighted by Gasteiger charge is 2.26. The molecule has 250 valence electrons. The van der Waals surface area contributed by atoms with Crippen LogP contribution in [-0.2, 0) is 24.9 Å². The van der Waals surface area contributed by atoms with E-state index >= 15 is 0 Å². The smallest absolute Gasteiger partial charge is 0.328 e. The normalized spacial score (nSPS) is 15.4. The number of aliphatic hydroxyl groups is 1. The standard InChI is InChI=1S/C26H28N2OS.2C4H4O4.H2O/c29-17-16-27-12-14-28(15-13-27)22-10-11-24-25(18-22)30-19-21-8-4-5-9-23(21)26(24)20-6-2-1-3-7-20;2*5-3(6)1-2-4(7)8;/h1-11,18,26,29H,12-17,19H2;2*1-2H,(H,5,6)(H,7,8);1H2/b;2*2-1-;. The number of fused-ring (bicyclic) bond motifs is 2. The zero-order valence-electron chi connectivity index (χ0n) is 25.4. The summed E-state index contributed by atoms with van der Waals surface area (Å²) in [7, 11) is 0. The molecule has 47 heavy (non-hydrogen) atoms. The van der Waals surface area contributed by atoms with E-state index < -0.39 is 23.9 Å². The summed E-state index contributed by atoms with van der Waals surface area (Å²) < 4.78 is 0. The number of benzene rings is 3. The predicted octanol–water partition coefficient (Wildman–Crippen LogP) is 3.19. The van der Waals surface area contributed by atoms with Gasteiger partial charge in [0.2, 0.25) is 0 Å². The lowest BCUT2D eigenvalue weighted by molar-refractivity contribution is -0.134. The van der Waals surface area contributed by atoms with Crippen molar-refractivity contribution in [3.63, 3.8) is 0 Å². The number of nitrogens with zero attached hydrogens (tertiary/aromatic N) is 2. The maximum atomic E-state index is 9.55. The molecule has 1 unspecified atom stereocenters. The lowest BCUT2D eigenvalue weighted by atomic mass is 9.83. The molecule has 0 bridgehead atoms. The van der Waals surface area contributed by atoms with Gasteiger partial charge >= 0.3 is 23.9 Å². The van der Waals surface area contributed by atoms with Crippen LogP contribution in [0, 0.1) is 0 Å². The third-order valence-corrected chi connectivity index (χ3v) is 8.20. The number of hydrogen-bond donors (Lipinski definition) is 5. The van der Waals surface area contributed by atoms with Gasteiger partial charge in [-0.3, -0.25) is 4.90 Å². The lowest BCUT2D eigenvalue weighted by Gasteiger charge is -2.36. The number of β-amino-alcohol motifs (C(OH)–C–C–N with tert-alkyl or cyclic N) is 1. The molecular formula is C34H38N2O10S. The minimum atomic E-state index is -1.26. The van der Waals surface area contributed by atoms with E-state index in [9.17, 15) is 24.3 Å². The molecule has 3 aromatic rings. The maximum absolute atomic E-state index is 9.55. The van der Waals surface area contributed by atoms with Crippen molar-refractivity contribution in [2.45, 2.75) is 16.6 Å². The Bertz CT molecular complexity index is 1490. The van der Waals surface area contributed by atoms with Crippen molar-refractivity contribution >= 4 is 41.3 Å². The Morgan fingerprint density at radius 1 is 0.702 bits per heavy atom. The highest BCUT2D eigenvalue weighted by atomic mass is 32.2. The van der Waals surface area contributed by atoms with Gasteiger partial charge in [-0.2, -0.15) is 0 Å². The molecule has 13 heteroatoms. The molecule has 0 aromatic heterocycles. The molecule has 1 atom stereocenters. The van der Waals surface area contributed by atoms with Crippen molar-refractivity contribution in [3.8, 4) is 0 Å². The van der Waals surface area contributed by atoms with Crippen LogP contribution in [0.4, 0.5) is 5.69 Å². The van der Waals surface area contributed by atoms with Crippen molar-refractivity contribution < 1.29 is 50.2 Å². The molecule has 2 heterocycles. The number of rotatable bonds is 8. The minimum absolute atomic E-state index is 0. The van der Waals surface area contributed by atoms with Crippen molar-refractivity contribution in [2.75, 3.05) is 44.2 Å². The summed E-state index contributed by atoms with van der Waals surface area (Å²) in [6, 6.07) is 26.9. The molecule has 7 N–H and O–H groups in total. The molecular weight excluding hydrogens is 628 g/mol. The fraction of sp³-hybridized carbons (Fsp3) is 0.235. The van der Waals surface area contributed by atoms with Gasteiger partial charge in [0.25, 0.3) is 0 Å². The zero-order chi connectivity index (χ0) is 33.5. The fourth-order valence-electron chi connectivity index (χ4n) is 5.01. The van der Waals surface area contributed by atoms with Crippen LogP contribution < -0.4 is 4.90 Å². The van der Waals surface area contributed by atoms with Gasteiger partial charge in [-0.05, 0) is 34.4 Å². The van der Waals surface area contributed by atoms with E-state index in [1.165, 1.54) is 32.8 Å². The number of thioether (sulfide) groups is 1. The molecule has 1 fully saturated rings. The Morgan fingerprint density at radius 3 is 1.77 bits per heavy atom. The molecule has 0 amide bonds. The van der Waals surface area contributed by atoms with Crippen LogP contribution in [0.2, 0.25) is 0 Å². The van der Waals surface area contributed by atoms with E-state index in [1.54, 1.807) is 0 Å². The van der Waals surface area contributed by atoms with E-state index in [1.807, 2.05) is 11.8 Å². The largest absolute Gasteiger partial charge is 0.478 e. The number of aliphatic carboxylic acids is 4. The van der Waals surface area contributed by atoms with Gasteiger partial charge in [-0.25, -0.2) is 19.2 Å². The van der Waals surface area contributed by atoms with E-state index in [0.29, 0.717) is 24.3 Å². The summed E-state index contributed by atoms with van der Waals surface area (Å²) in [6.07, 6.45) is 2.23. The van der Waals surface area contributed by atoms with Crippen molar-refractivity contribution in [2.24, 2.45) is 0 Å². The third-order valence-electron chi connectivity index (χ3n) is 7.08. The molecule has 5 rings (SSSR count). The Kier molecular flexibility index (Phi) is 15.9. The van der Waals surface area contributed by atoms with Crippen molar-refractivity contribution in [1.29, 1.82) is 0 Å². The first kappa shape index (κ1) is 38.2. The number of carboxylic acid groups (broad SMARTS) is 4. The number of anilines is 1. The summed E-state index contributed by atoms with van der Waals surface area (Å²) in [6.45, 7) is 5.10. The molecule has 0 spiro atoms. The summed E-state index contributed by atoms with van der Waals surface area (Å²) in [5, 5.41) is 40.4. The summed E-state index contributed by atoms with van der Waals surface area (Å²) in [5.74, 6) is -3.73. The van der Waals surface area contributed by atoms with Gasteiger partial charge in [0.15, 0.2) is 0 Å². The molecule has 0 saturated carbocycles. The van der Waals surface area contributed by atoms with Crippen LogP contribution in [0.1, 0.15) is 28.2 Å². The SMILES string of the molecule is O.O=C(O)/C=C\C(=O)O.O=C(O)/C=C\C(=O)O.OCCN1CCN(c2ccc3c(c2)SCc2ccccc2C3c2ccccc2)CC1. The Labute approximate surface area is 276 Å². The Hall–Kier alpha value is -4.95. The number of carbonyl (C=O) groups is 4. The Balaban J connectivity index is 0.000000377. The van der Waals surface area contributed by atoms with Gasteiger partial charge in [0.1, 0.15) is 0 Å². The lowest BCUT2D eigenvalue weighted by Crippen LogP contribution is -2.47. The average molecular weight is 667 g/mol. The first-order valence-electron chi connectivity index (χ1n) is 14.3. The van der Waals surface area contributed by atoms with E-state index in [2.05, 4.69) is 82.6 Å². The highest BCUT2D eigenvalue weighted by molar-refractivity contribution is 7.98. The molecule has 1 saturated heterocycles. The fourth-order valence-corrected chi connectivity index (χ4v) is 6.14. The second-order valence-electron chi connectivity index (χ2n) is 10.1. The number of piperazine rings is 1. The first-order chi connectivity index (χ1) is 22.1. The van der Waals surface area contributed by atoms with Gasteiger partial charge in [0.05, 0.1) is 6.61 Å².